The first-order chi connectivity index (χ1) is 13.8. The Morgan fingerprint density at radius 3 is 2.37 bits per heavy atom. The monoisotopic (exact) mass is 463 g/mol. The highest BCUT2D eigenvalue weighted by Gasteiger charge is 2.48. The van der Waals surface area contributed by atoms with Crippen LogP contribution in [0.2, 0.25) is 5.02 Å². The molecule has 0 heterocycles. The Balaban J connectivity index is 1.66. The number of halogens is 5. The van der Waals surface area contributed by atoms with Gasteiger partial charge in [0.15, 0.2) is 9.84 Å². The Morgan fingerprint density at radius 1 is 1.10 bits per heavy atom. The summed E-state index contributed by atoms with van der Waals surface area (Å²) in [5.41, 5.74) is -0.401. The first kappa shape index (κ1) is 22.9. The molecule has 1 fully saturated rings. The zero-order valence-electron chi connectivity index (χ0n) is 16.4. The smallest absolute Gasteiger partial charge is 0.385 e. The molecule has 0 saturated heterocycles. The molecular weight excluding hydrogens is 442 g/mol. The highest BCUT2D eigenvalue weighted by molar-refractivity contribution is 7.92. The molecule has 3 nitrogen and oxygen atoms in total. The first-order valence-corrected chi connectivity index (χ1v) is 11.3. The molecule has 0 bridgehead atoms. The summed E-state index contributed by atoms with van der Waals surface area (Å²) >= 11 is 5.66. The lowest BCUT2D eigenvalue weighted by atomic mass is 9.69. The van der Waals surface area contributed by atoms with E-state index in [0.29, 0.717) is 31.1 Å². The summed E-state index contributed by atoms with van der Waals surface area (Å²) in [7, 11) is -3.97. The molecule has 30 heavy (non-hydrogen) atoms. The van der Waals surface area contributed by atoms with Crippen molar-refractivity contribution in [2.75, 3.05) is 11.9 Å². The van der Waals surface area contributed by atoms with Gasteiger partial charge >= 0.3 is 6.18 Å². The van der Waals surface area contributed by atoms with Crippen LogP contribution in [-0.2, 0) is 16.0 Å². The lowest BCUT2D eigenvalue weighted by molar-refractivity contribution is -0.137. The summed E-state index contributed by atoms with van der Waals surface area (Å²) < 4.78 is 77.4. The van der Waals surface area contributed by atoms with Gasteiger partial charge in [0.05, 0.1) is 20.2 Å². The van der Waals surface area contributed by atoms with Crippen molar-refractivity contribution >= 4 is 27.1 Å². The van der Waals surface area contributed by atoms with Gasteiger partial charge in [-0.05, 0) is 74.9 Å². The third-order valence-electron chi connectivity index (χ3n) is 5.90. The van der Waals surface area contributed by atoms with E-state index in [0.717, 1.165) is 12.1 Å². The van der Waals surface area contributed by atoms with Crippen molar-refractivity contribution in [1.82, 2.24) is 0 Å². The summed E-state index contributed by atoms with van der Waals surface area (Å²) in [6.07, 6.45) is -3.40. The van der Waals surface area contributed by atoms with E-state index < -0.39 is 32.1 Å². The van der Waals surface area contributed by atoms with Crippen molar-refractivity contribution in [1.29, 1.82) is 0 Å². The Hall–Kier alpha value is -1.80. The summed E-state index contributed by atoms with van der Waals surface area (Å²) in [5.74, 6) is -0.531. The molecular formula is C21H22ClF4NO2S. The molecule has 1 aliphatic rings. The van der Waals surface area contributed by atoms with Gasteiger partial charge in [0.1, 0.15) is 5.82 Å². The van der Waals surface area contributed by atoms with E-state index >= 15 is 0 Å². The van der Waals surface area contributed by atoms with Crippen LogP contribution in [0, 0.1) is 17.7 Å². The average molecular weight is 464 g/mol. The van der Waals surface area contributed by atoms with Crippen LogP contribution >= 0.6 is 11.6 Å². The number of alkyl halides is 3. The second-order valence-electron chi connectivity index (χ2n) is 8.18. The average Bonchev–Trinajstić information content (AvgIpc) is 2.62. The highest BCUT2D eigenvalue weighted by Crippen LogP contribution is 2.46. The summed E-state index contributed by atoms with van der Waals surface area (Å²) in [6.45, 7) is 3.66. The quantitative estimate of drug-likeness (QED) is 0.520. The summed E-state index contributed by atoms with van der Waals surface area (Å²) in [6, 6.07) is 8.28. The van der Waals surface area contributed by atoms with Crippen LogP contribution in [0.15, 0.2) is 47.4 Å². The molecule has 2 aromatic carbocycles. The number of rotatable bonds is 6. The number of benzene rings is 2. The molecule has 1 aliphatic carbocycles. The maximum Gasteiger partial charge on any atom is 0.416 e. The molecule has 0 amide bonds. The van der Waals surface area contributed by atoms with Gasteiger partial charge < -0.3 is 5.32 Å². The van der Waals surface area contributed by atoms with E-state index in [1.165, 1.54) is 18.2 Å². The van der Waals surface area contributed by atoms with Crippen LogP contribution in [0.4, 0.5) is 23.2 Å². The van der Waals surface area contributed by atoms with Crippen LogP contribution in [0.3, 0.4) is 0 Å². The van der Waals surface area contributed by atoms with Gasteiger partial charge in [0, 0.05) is 12.2 Å². The van der Waals surface area contributed by atoms with Gasteiger partial charge in [-0.25, -0.2) is 12.8 Å². The van der Waals surface area contributed by atoms with Crippen LogP contribution < -0.4 is 5.32 Å². The molecule has 0 atom stereocenters. The minimum absolute atomic E-state index is 0.0332. The molecule has 0 unspecified atom stereocenters. The third-order valence-corrected chi connectivity index (χ3v) is 8.80. The maximum atomic E-state index is 13.5. The Labute approximate surface area is 178 Å². The first-order valence-electron chi connectivity index (χ1n) is 9.43. The van der Waals surface area contributed by atoms with Gasteiger partial charge in [-0.3, -0.25) is 0 Å². The van der Waals surface area contributed by atoms with Gasteiger partial charge in [-0.15, -0.1) is 0 Å². The van der Waals surface area contributed by atoms with E-state index in [4.69, 9.17) is 11.6 Å². The second-order valence-corrected chi connectivity index (χ2v) is 11.1. The van der Waals surface area contributed by atoms with Crippen molar-refractivity contribution in [2.45, 2.75) is 42.5 Å². The van der Waals surface area contributed by atoms with Crippen LogP contribution in [-0.4, -0.2) is 19.7 Å². The lowest BCUT2D eigenvalue weighted by Crippen LogP contribution is -2.47. The SMILES string of the molecule is CC(C)([C@H]1C[C@@H](CNc2ccc(Cl)c(F)c2)C1)S(=O)(=O)c1cccc(C(F)(F)F)c1. The van der Waals surface area contributed by atoms with Crippen molar-refractivity contribution < 1.29 is 26.0 Å². The van der Waals surface area contributed by atoms with Gasteiger partial charge in [0.25, 0.3) is 0 Å². The number of anilines is 1. The molecule has 1 N–H and O–H groups in total. The fraction of sp³-hybridized carbons (Fsp3) is 0.429. The van der Waals surface area contributed by atoms with Crippen LogP contribution in [0.5, 0.6) is 0 Å². The molecule has 9 heteroatoms. The zero-order valence-corrected chi connectivity index (χ0v) is 18.0. The van der Waals surface area contributed by atoms with Gasteiger partial charge in [-0.2, -0.15) is 13.2 Å². The normalized spacial score (nSPS) is 20.0. The van der Waals surface area contributed by atoms with Crippen molar-refractivity contribution in [3.05, 3.63) is 58.9 Å². The van der Waals surface area contributed by atoms with Gasteiger partial charge in [0.2, 0.25) is 0 Å². The molecule has 0 spiro atoms. The lowest BCUT2D eigenvalue weighted by Gasteiger charge is -2.45. The molecule has 0 aliphatic heterocycles. The number of nitrogens with one attached hydrogen (secondary N) is 1. The fourth-order valence-electron chi connectivity index (χ4n) is 3.70. The molecule has 2 aromatic rings. The molecule has 0 radical (unpaired) electrons. The largest absolute Gasteiger partial charge is 0.416 e. The second kappa shape index (κ2) is 8.04. The maximum absolute atomic E-state index is 13.5. The Kier molecular flexibility index (Phi) is 6.13. The summed E-state index contributed by atoms with van der Waals surface area (Å²) in [5, 5.41) is 3.14. The molecule has 1 saturated carbocycles. The third kappa shape index (κ3) is 4.44. The number of hydrogen-bond acceptors (Lipinski definition) is 3. The molecule has 0 aromatic heterocycles. The van der Waals surface area contributed by atoms with Crippen molar-refractivity contribution in [2.24, 2.45) is 11.8 Å². The van der Waals surface area contributed by atoms with Crippen molar-refractivity contribution in [3.8, 4) is 0 Å². The number of sulfone groups is 1. The number of hydrogen-bond donors (Lipinski definition) is 1. The highest BCUT2D eigenvalue weighted by atomic mass is 35.5. The van der Waals surface area contributed by atoms with Crippen molar-refractivity contribution in [3.63, 3.8) is 0 Å². The Morgan fingerprint density at radius 2 is 1.77 bits per heavy atom. The van der Waals surface area contributed by atoms with E-state index in [2.05, 4.69) is 5.32 Å². The minimum Gasteiger partial charge on any atom is -0.385 e. The minimum atomic E-state index is -4.61. The standard InChI is InChI=1S/C21H22ClF4NO2S/c1-20(2,30(28,29)17-5-3-4-14(10-17)21(24,25)26)15-8-13(9-15)12-27-16-6-7-18(22)19(23)11-16/h3-7,10-11,13,15,27H,8-9,12H2,1-2H3/t13-,15+. The topological polar surface area (TPSA) is 46.2 Å². The molecule has 164 valence electrons. The molecule has 3 rings (SSSR count). The van der Waals surface area contributed by atoms with E-state index in [9.17, 15) is 26.0 Å². The van der Waals surface area contributed by atoms with E-state index in [1.54, 1.807) is 19.9 Å². The van der Waals surface area contributed by atoms with Crippen LogP contribution in [0.25, 0.3) is 0 Å². The fourth-order valence-corrected chi connectivity index (χ4v) is 5.60. The Bertz CT molecular complexity index is 1030. The van der Waals surface area contributed by atoms with E-state index in [-0.39, 0.29) is 21.8 Å². The predicted octanol–water partition coefficient (Wildman–Crippen LogP) is 6.19. The zero-order chi connectivity index (χ0) is 22.3. The van der Waals surface area contributed by atoms with Gasteiger partial charge in [-0.1, -0.05) is 17.7 Å². The summed E-state index contributed by atoms with van der Waals surface area (Å²) in [4.78, 5) is -0.319. The van der Waals surface area contributed by atoms with E-state index in [1.807, 2.05) is 0 Å². The predicted molar refractivity (Wildman–Crippen MR) is 109 cm³/mol. The van der Waals surface area contributed by atoms with Crippen LogP contribution in [0.1, 0.15) is 32.3 Å².